The third kappa shape index (κ3) is 4.67. The first-order valence-electron chi connectivity index (χ1n) is 14.7. The van der Waals surface area contributed by atoms with Crippen LogP contribution in [0.4, 0.5) is 11.4 Å². The number of halogens is 2. The van der Waals surface area contributed by atoms with Crippen molar-refractivity contribution in [3.8, 4) is 5.75 Å². The topological polar surface area (TPSA) is 99.2 Å². The second-order valence-corrected chi connectivity index (χ2v) is 12.4. The molecule has 4 atom stereocenters. The van der Waals surface area contributed by atoms with Crippen LogP contribution in [0.3, 0.4) is 0 Å². The first kappa shape index (κ1) is 29.3. The second kappa shape index (κ2) is 11.2. The predicted octanol–water partition coefficient (Wildman–Crippen LogP) is 6.57. The fraction of sp³-hybridized carbons (Fsp3) is 0.229. The van der Waals surface area contributed by atoms with E-state index >= 15 is 0 Å². The van der Waals surface area contributed by atoms with Gasteiger partial charge < -0.3 is 20.1 Å². The van der Waals surface area contributed by atoms with Crippen LogP contribution in [-0.4, -0.2) is 47.0 Å². The molecule has 0 bridgehead atoms. The maximum Gasteiger partial charge on any atom is 0.335 e. The first-order chi connectivity index (χ1) is 21.7. The summed E-state index contributed by atoms with van der Waals surface area (Å²) in [4.78, 5) is 44.5. The standard InChI is InChI=1S/C35H29Cl2N3O5/c1-2-45-26-8-3-5-20(15-26)18-40-29-19-39(25-12-9-21(10-13-25)33(42)43)32(41)30(29)31(22-6-4-7-23(36)16-22)35(40)27-14-11-24(37)17-28(27)38-34(35)44/h3-17,29-31H,2,18-19H2,1H3,(H,38,44)(H,42,43)/t29-,30+,31-,35+/m1/s1. The number of carboxylic acid groups (broad SMARTS) is 1. The minimum atomic E-state index is -1.25. The van der Waals surface area contributed by atoms with E-state index in [0.717, 1.165) is 22.4 Å². The number of nitrogens with one attached hydrogen (secondary N) is 1. The van der Waals surface area contributed by atoms with Gasteiger partial charge in [0, 0.05) is 52.0 Å². The van der Waals surface area contributed by atoms with Gasteiger partial charge in [-0.2, -0.15) is 0 Å². The van der Waals surface area contributed by atoms with Crippen LogP contribution < -0.4 is 15.0 Å². The molecule has 8 nitrogen and oxygen atoms in total. The Morgan fingerprint density at radius 3 is 2.47 bits per heavy atom. The lowest BCUT2D eigenvalue weighted by atomic mass is 9.71. The van der Waals surface area contributed by atoms with Crippen LogP contribution in [0.1, 0.15) is 39.9 Å². The third-order valence-corrected chi connectivity index (χ3v) is 9.65. The lowest BCUT2D eigenvalue weighted by molar-refractivity contribution is -0.128. The van der Waals surface area contributed by atoms with Gasteiger partial charge in [0.05, 0.1) is 18.1 Å². The number of benzene rings is 4. The molecule has 3 aliphatic rings. The Morgan fingerprint density at radius 1 is 0.978 bits per heavy atom. The summed E-state index contributed by atoms with van der Waals surface area (Å²) < 4.78 is 5.80. The Bertz CT molecular complexity index is 1850. The third-order valence-electron chi connectivity index (χ3n) is 9.18. The van der Waals surface area contributed by atoms with Crippen molar-refractivity contribution in [1.82, 2.24) is 4.90 Å². The lowest BCUT2D eigenvalue weighted by Crippen LogP contribution is -2.53. The monoisotopic (exact) mass is 641 g/mol. The number of amides is 2. The number of aromatic carboxylic acids is 1. The Hall–Kier alpha value is -4.37. The van der Waals surface area contributed by atoms with Gasteiger partial charge in [0.25, 0.3) is 0 Å². The highest BCUT2D eigenvalue weighted by atomic mass is 35.5. The summed E-state index contributed by atoms with van der Waals surface area (Å²) in [6.07, 6.45) is 0. The zero-order valence-corrected chi connectivity index (χ0v) is 25.8. The van der Waals surface area contributed by atoms with Crippen molar-refractivity contribution in [2.45, 2.75) is 31.0 Å². The van der Waals surface area contributed by atoms with Crippen LogP contribution in [0.2, 0.25) is 10.0 Å². The van der Waals surface area contributed by atoms with Crippen LogP contribution in [0, 0.1) is 5.92 Å². The van der Waals surface area contributed by atoms with Crippen molar-refractivity contribution in [2.24, 2.45) is 5.92 Å². The SMILES string of the molecule is CCOc1cccc(CN2[C@@H]3CN(c4ccc(C(=O)O)cc4)C(=O)[C@@H]3[C@@H](c3cccc(Cl)c3)[C@@]23C(=O)Nc2cc(Cl)ccc23)c1. The summed E-state index contributed by atoms with van der Waals surface area (Å²) in [5.74, 6) is -1.92. The number of hydrogen-bond donors (Lipinski definition) is 2. The van der Waals surface area contributed by atoms with E-state index in [2.05, 4.69) is 10.2 Å². The fourth-order valence-corrected chi connectivity index (χ4v) is 7.85. The quantitative estimate of drug-likeness (QED) is 0.237. The molecule has 0 saturated carbocycles. The molecule has 228 valence electrons. The van der Waals surface area contributed by atoms with Gasteiger partial charge in [0.2, 0.25) is 11.8 Å². The smallest absolute Gasteiger partial charge is 0.335 e. The highest BCUT2D eigenvalue weighted by Gasteiger charge is 2.70. The predicted molar refractivity (Wildman–Crippen MR) is 172 cm³/mol. The molecule has 2 amide bonds. The van der Waals surface area contributed by atoms with Crippen LogP contribution in [0.5, 0.6) is 5.75 Å². The number of carbonyl (C=O) groups is 3. The van der Waals surface area contributed by atoms with E-state index in [1.54, 1.807) is 35.2 Å². The van der Waals surface area contributed by atoms with Crippen molar-refractivity contribution < 1.29 is 24.2 Å². The average Bonchev–Trinajstić information content (AvgIpc) is 3.60. The molecular formula is C35H29Cl2N3O5. The van der Waals surface area contributed by atoms with Gasteiger partial charge in [0.1, 0.15) is 11.3 Å². The summed E-state index contributed by atoms with van der Waals surface area (Å²) in [7, 11) is 0. The Morgan fingerprint density at radius 2 is 1.73 bits per heavy atom. The highest BCUT2D eigenvalue weighted by molar-refractivity contribution is 6.31. The molecule has 2 saturated heterocycles. The molecule has 2 N–H and O–H groups in total. The molecular weight excluding hydrogens is 613 g/mol. The van der Waals surface area contributed by atoms with Gasteiger partial charge in [-0.05, 0) is 78.7 Å². The van der Waals surface area contributed by atoms with Gasteiger partial charge in [-0.1, -0.05) is 53.5 Å². The average molecular weight is 643 g/mol. The maximum absolute atomic E-state index is 14.6. The zero-order valence-electron chi connectivity index (χ0n) is 24.2. The molecule has 0 radical (unpaired) electrons. The molecule has 0 unspecified atom stereocenters. The highest BCUT2D eigenvalue weighted by Crippen LogP contribution is 2.62. The van der Waals surface area contributed by atoms with Gasteiger partial charge >= 0.3 is 5.97 Å². The number of ether oxygens (including phenoxy) is 1. The Balaban J connectivity index is 1.43. The largest absolute Gasteiger partial charge is 0.494 e. The summed E-state index contributed by atoms with van der Waals surface area (Å²) in [6, 6.07) is 26.5. The molecule has 2 fully saturated rings. The van der Waals surface area contributed by atoms with Crippen molar-refractivity contribution in [2.75, 3.05) is 23.4 Å². The molecule has 0 aliphatic carbocycles. The van der Waals surface area contributed by atoms with Crippen LogP contribution in [0.25, 0.3) is 0 Å². The molecule has 10 heteroatoms. The molecule has 1 spiro atoms. The maximum atomic E-state index is 14.6. The molecule has 3 aliphatic heterocycles. The van der Waals surface area contributed by atoms with Crippen LogP contribution in [0.15, 0.2) is 91.0 Å². The second-order valence-electron chi connectivity index (χ2n) is 11.5. The number of rotatable bonds is 7. The fourth-order valence-electron chi connectivity index (χ4n) is 7.48. The van der Waals surface area contributed by atoms with Gasteiger partial charge in [-0.15, -0.1) is 0 Å². The van der Waals surface area contributed by atoms with Crippen molar-refractivity contribution in [3.63, 3.8) is 0 Å². The van der Waals surface area contributed by atoms with Crippen molar-refractivity contribution in [1.29, 1.82) is 0 Å². The molecule has 45 heavy (non-hydrogen) atoms. The lowest BCUT2D eigenvalue weighted by Gasteiger charge is -2.41. The number of likely N-dealkylation sites (tertiary alicyclic amines) is 1. The number of hydrogen-bond acceptors (Lipinski definition) is 5. The van der Waals surface area contributed by atoms with E-state index in [1.807, 2.05) is 55.5 Å². The number of nitrogens with zero attached hydrogens (tertiary/aromatic N) is 2. The Labute approximate surface area is 270 Å². The minimum Gasteiger partial charge on any atom is -0.494 e. The van der Waals surface area contributed by atoms with Gasteiger partial charge in [-0.25, -0.2) is 4.79 Å². The summed E-state index contributed by atoms with van der Waals surface area (Å²) in [5.41, 5.74) is 2.55. The Kier molecular flexibility index (Phi) is 7.31. The molecule has 4 aromatic carbocycles. The number of carboxylic acids is 1. The van der Waals surface area contributed by atoms with E-state index in [0.29, 0.717) is 41.1 Å². The van der Waals surface area contributed by atoms with Crippen LogP contribution in [-0.2, 0) is 21.7 Å². The minimum absolute atomic E-state index is 0.134. The molecule has 4 aromatic rings. The molecule has 0 aromatic heterocycles. The van der Waals surface area contributed by atoms with E-state index in [4.69, 9.17) is 27.9 Å². The van der Waals surface area contributed by atoms with Crippen molar-refractivity contribution in [3.05, 3.63) is 123 Å². The number of anilines is 2. The molecule has 7 rings (SSSR count). The summed E-state index contributed by atoms with van der Waals surface area (Å²) in [5, 5.41) is 13.5. The summed E-state index contributed by atoms with van der Waals surface area (Å²) in [6.45, 7) is 3.10. The molecule has 3 heterocycles. The summed E-state index contributed by atoms with van der Waals surface area (Å²) >= 11 is 12.9. The normalized spacial score (nSPS) is 23.7. The van der Waals surface area contributed by atoms with E-state index in [9.17, 15) is 19.5 Å². The first-order valence-corrected chi connectivity index (χ1v) is 15.5. The number of fused-ring (bicyclic) bond motifs is 3. The zero-order chi connectivity index (χ0) is 31.5. The van der Waals surface area contributed by atoms with Crippen LogP contribution >= 0.6 is 23.2 Å². The van der Waals surface area contributed by atoms with Gasteiger partial charge in [-0.3, -0.25) is 14.5 Å². The van der Waals surface area contributed by atoms with Crippen molar-refractivity contribution >= 4 is 52.4 Å². The number of carbonyl (C=O) groups excluding carboxylic acids is 2. The van der Waals surface area contributed by atoms with E-state index in [-0.39, 0.29) is 23.4 Å². The van der Waals surface area contributed by atoms with Gasteiger partial charge in [0.15, 0.2) is 0 Å². The van der Waals surface area contributed by atoms with E-state index in [1.165, 1.54) is 12.1 Å². The van der Waals surface area contributed by atoms with E-state index < -0.39 is 23.3 Å².